The molecule has 0 radical (unpaired) electrons. The zero-order valence-electron chi connectivity index (χ0n) is 11.7. The summed E-state index contributed by atoms with van der Waals surface area (Å²) in [6.07, 6.45) is 4.45. The molecule has 0 spiro atoms. The molecule has 3 aromatic rings. The van der Waals surface area contributed by atoms with E-state index >= 15 is 0 Å². The van der Waals surface area contributed by atoms with Gasteiger partial charge in [0.2, 0.25) is 5.91 Å². The molecule has 6 heteroatoms. The molecule has 0 saturated carbocycles. The van der Waals surface area contributed by atoms with E-state index in [1.807, 2.05) is 18.3 Å². The Morgan fingerprint density at radius 3 is 3.09 bits per heavy atom. The maximum absolute atomic E-state index is 11.8. The van der Waals surface area contributed by atoms with E-state index in [0.29, 0.717) is 5.56 Å². The topological polar surface area (TPSA) is 80.9 Å². The van der Waals surface area contributed by atoms with E-state index in [-0.39, 0.29) is 6.04 Å². The Morgan fingerprint density at radius 1 is 1.36 bits per heavy atom. The van der Waals surface area contributed by atoms with Gasteiger partial charge in [-0.25, -0.2) is 4.98 Å². The minimum Gasteiger partial charge on any atom is -0.366 e. The molecule has 1 aliphatic rings. The van der Waals surface area contributed by atoms with Crippen molar-refractivity contribution in [2.75, 3.05) is 6.54 Å². The zero-order valence-corrected chi connectivity index (χ0v) is 12.6. The first kappa shape index (κ1) is 13.4. The minimum atomic E-state index is -0.395. The maximum atomic E-state index is 11.8. The third-order valence-electron chi connectivity index (χ3n) is 3.95. The van der Waals surface area contributed by atoms with E-state index in [1.54, 1.807) is 23.6 Å². The van der Waals surface area contributed by atoms with Gasteiger partial charge < -0.3 is 11.1 Å². The first-order chi connectivity index (χ1) is 10.7. The Kier molecular flexibility index (Phi) is 3.13. The van der Waals surface area contributed by atoms with Crippen molar-refractivity contribution in [3.05, 3.63) is 58.4 Å². The number of hydrogen-bond acceptors (Lipinski definition) is 5. The number of fused-ring (bicyclic) bond motifs is 2. The number of carbonyl (C=O) groups excluding carboxylic acids is 1. The average Bonchev–Trinajstić information content (AvgIpc) is 2.97. The number of nitrogens with two attached hydrogens (primary N) is 1. The van der Waals surface area contributed by atoms with Crippen LogP contribution in [0.2, 0.25) is 0 Å². The molecule has 1 atom stereocenters. The first-order valence-electron chi connectivity index (χ1n) is 7.09. The summed E-state index contributed by atoms with van der Waals surface area (Å²) in [7, 11) is 0. The van der Waals surface area contributed by atoms with E-state index in [9.17, 15) is 4.79 Å². The Hall–Kier alpha value is -2.31. The van der Waals surface area contributed by atoms with Crippen molar-refractivity contribution < 1.29 is 4.79 Å². The van der Waals surface area contributed by atoms with Crippen molar-refractivity contribution in [1.29, 1.82) is 0 Å². The van der Waals surface area contributed by atoms with Crippen molar-refractivity contribution in [3.8, 4) is 0 Å². The highest BCUT2D eigenvalue weighted by molar-refractivity contribution is 7.18. The lowest BCUT2D eigenvalue weighted by Crippen LogP contribution is -2.33. The molecule has 0 fully saturated rings. The highest BCUT2D eigenvalue weighted by atomic mass is 32.1. The first-order valence-corrected chi connectivity index (χ1v) is 7.91. The van der Waals surface area contributed by atoms with Crippen molar-refractivity contribution in [1.82, 2.24) is 15.3 Å². The third kappa shape index (κ3) is 2.08. The number of benzene rings is 1. The lowest BCUT2D eigenvalue weighted by atomic mass is 9.90. The zero-order chi connectivity index (χ0) is 15.1. The largest absolute Gasteiger partial charge is 0.366 e. The average molecular weight is 310 g/mol. The van der Waals surface area contributed by atoms with Crippen LogP contribution in [0.5, 0.6) is 0 Å². The van der Waals surface area contributed by atoms with E-state index < -0.39 is 5.91 Å². The lowest BCUT2D eigenvalue weighted by Gasteiger charge is -2.27. The summed E-state index contributed by atoms with van der Waals surface area (Å²) in [5.41, 5.74) is 9.20. The van der Waals surface area contributed by atoms with Gasteiger partial charge in [0, 0.05) is 24.5 Å². The van der Waals surface area contributed by atoms with Crippen LogP contribution in [0, 0.1) is 0 Å². The molecular formula is C16H14N4OS. The quantitative estimate of drug-likeness (QED) is 0.759. The molecule has 0 saturated heterocycles. The SMILES string of the molecule is NC(=O)c1cccc2c1C(c1nc3ccncc3s1)NCC2. The van der Waals surface area contributed by atoms with Gasteiger partial charge in [0.15, 0.2) is 0 Å². The number of aromatic nitrogens is 2. The number of pyridine rings is 1. The van der Waals surface area contributed by atoms with Crippen LogP contribution < -0.4 is 11.1 Å². The normalized spacial score (nSPS) is 17.4. The Balaban J connectivity index is 1.90. The van der Waals surface area contributed by atoms with Gasteiger partial charge in [0.1, 0.15) is 5.01 Å². The van der Waals surface area contributed by atoms with E-state index in [4.69, 9.17) is 10.7 Å². The summed E-state index contributed by atoms with van der Waals surface area (Å²) >= 11 is 1.60. The predicted molar refractivity (Wildman–Crippen MR) is 85.9 cm³/mol. The molecule has 4 rings (SSSR count). The fourth-order valence-electron chi connectivity index (χ4n) is 2.97. The fraction of sp³-hybridized carbons (Fsp3) is 0.188. The Morgan fingerprint density at radius 2 is 2.27 bits per heavy atom. The highest BCUT2D eigenvalue weighted by Gasteiger charge is 2.28. The smallest absolute Gasteiger partial charge is 0.249 e. The number of hydrogen-bond donors (Lipinski definition) is 2. The lowest BCUT2D eigenvalue weighted by molar-refractivity contribution is 0.0998. The molecule has 1 aromatic carbocycles. The van der Waals surface area contributed by atoms with Crippen LogP contribution in [-0.2, 0) is 6.42 Å². The molecule has 1 unspecified atom stereocenters. The molecule has 0 bridgehead atoms. The number of carbonyl (C=O) groups is 1. The molecule has 1 aliphatic heterocycles. The molecule has 3 N–H and O–H groups in total. The Bertz CT molecular complexity index is 840. The molecule has 3 heterocycles. The second-order valence-corrected chi connectivity index (χ2v) is 6.34. The summed E-state index contributed by atoms with van der Waals surface area (Å²) in [5.74, 6) is -0.395. The van der Waals surface area contributed by atoms with Crippen molar-refractivity contribution >= 4 is 27.5 Å². The molecule has 110 valence electrons. The van der Waals surface area contributed by atoms with Gasteiger partial charge in [0.25, 0.3) is 0 Å². The summed E-state index contributed by atoms with van der Waals surface area (Å²) in [4.78, 5) is 20.6. The van der Waals surface area contributed by atoms with Gasteiger partial charge in [-0.2, -0.15) is 0 Å². The summed E-state index contributed by atoms with van der Waals surface area (Å²) in [6.45, 7) is 0.855. The molecule has 2 aromatic heterocycles. The van der Waals surface area contributed by atoms with Crippen molar-refractivity contribution in [2.24, 2.45) is 5.73 Å². The number of nitrogens with one attached hydrogen (secondary N) is 1. The fourth-order valence-corrected chi connectivity index (χ4v) is 3.99. The van der Waals surface area contributed by atoms with Crippen LogP contribution in [0.25, 0.3) is 10.2 Å². The van der Waals surface area contributed by atoms with Gasteiger partial charge in [-0.1, -0.05) is 12.1 Å². The number of amides is 1. The second-order valence-electron chi connectivity index (χ2n) is 5.28. The van der Waals surface area contributed by atoms with Gasteiger partial charge in [-0.05, 0) is 29.7 Å². The van der Waals surface area contributed by atoms with Crippen LogP contribution in [0.15, 0.2) is 36.7 Å². The standard InChI is InChI=1S/C16H14N4OS/c17-15(21)10-3-1-2-9-4-7-19-14(13(9)10)16-20-11-5-6-18-8-12(11)22-16/h1-3,5-6,8,14,19H,4,7H2,(H2,17,21). The van der Waals surface area contributed by atoms with Crippen LogP contribution in [0.4, 0.5) is 0 Å². The van der Waals surface area contributed by atoms with Gasteiger partial charge in [-0.3, -0.25) is 9.78 Å². The highest BCUT2D eigenvalue weighted by Crippen LogP contribution is 2.35. The summed E-state index contributed by atoms with van der Waals surface area (Å²) < 4.78 is 1.04. The maximum Gasteiger partial charge on any atom is 0.249 e. The van der Waals surface area contributed by atoms with Crippen molar-refractivity contribution in [2.45, 2.75) is 12.5 Å². The van der Waals surface area contributed by atoms with E-state index in [0.717, 1.165) is 39.3 Å². The monoisotopic (exact) mass is 310 g/mol. The summed E-state index contributed by atoms with van der Waals surface area (Å²) in [5, 5.41) is 4.41. The molecular weight excluding hydrogens is 296 g/mol. The van der Waals surface area contributed by atoms with Crippen LogP contribution >= 0.6 is 11.3 Å². The minimum absolute atomic E-state index is 0.0927. The number of primary amides is 1. The number of thiazole rings is 1. The molecule has 5 nitrogen and oxygen atoms in total. The van der Waals surface area contributed by atoms with Crippen molar-refractivity contribution in [3.63, 3.8) is 0 Å². The predicted octanol–water partition coefficient (Wildman–Crippen LogP) is 2.03. The van der Waals surface area contributed by atoms with Crippen LogP contribution in [0.3, 0.4) is 0 Å². The van der Waals surface area contributed by atoms with Gasteiger partial charge >= 0.3 is 0 Å². The number of nitrogens with zero attached hydrogens (tertiary/aromatic N) is 2. The van der Waals surface area contributed by atoms with E-state index in [1.165, 1.54) is 0 Å². The van der Waals surface area contributed by atoms with Gasteiger partial charge in [-0.15, -0.1) is 11.3 Å². The molecule has 1 amide bonds. The molecule has 0 aliphatic carbocycles. The summed E-state index contributed by atoms with van der Waals surface area (Å²) in [6, 6.07) is 7.55. The molecule has 22 heavy (non-hydrogen) atoms. The van der Waals surface area contributed by atoms with Crippen LogP contribution in [0.1, 0.15) is 32.5 Å². The van der Waals surface area contributed by atoms with Gasteiger partial charge in [0.05, 0.1) is 16.3 Å². The van der Waals surface area contributed by atoms with E-state index in [2.05, 4.69) is 16.4 Å². The second kappa shape index (κ2) is 5.15. The van der Waals surface area contributed by atoms with Crippen LogP contribution in [-0.4, -0.2) is 22.4 Å². The third-order valence-corrected chi connectivity index (χ3v) is 5.02. The Labute approximate surface area is 131 Å². The number of rotatable bonds is 2.